The lowest BCUT2D eigenvalue weighted by Crippen LogP contribution is -2.22. The molecule has 96 valence electrons. The van der Waals surface area contributed by atoms with Gasteiger partial charge in [0, 0.05) is 24.8 Å². The van der Waals surface area contributed by atoms with Gasteiger partial charge in [0.15, 0.2) is 0 Å². The van der Waals surface area contributed by atoms with Gasteiger partial charge in [0.2, 0.25) is 0 Å². The molecule has 0 bridgehead atoms. The highest BCUT2D eigenvalue weighted by Gasteiger charge is 2.22. The first-order valence-corrected chi connectivity index (χ1v) is 6.92. The van der Waals surface area contributed by atoms with Crippen LogP contribution in [0.4, 0.5) is 0 Å². The van der Waals surface area contributed by atoms with Crippen LogP contribution in [0.5, 0.6) is 0 Å². The van der Waals surface area contributed by atoms with Crippen LogP contribution in [0, 0.1) is 5.92 Å². The Hall–Kier alpha value is -0.830. The quantitative estimate of drug-likeness (QED) is 0.849. The van der Waals surface area contributed by atoms with Gasteiger partial charge in [-0.25, -0.2) is 4.98 Å². The Morgan fingerprint density at radius 3 is 2.71 bits per heavy atom. The van der Waals surface area contributed by atoms with Crippen molar-refractivity contribution in [3.8, 4) is 0 Å². The smallest absolute Gasteiger partial charge is 0.0952 e. The van der Waals surface area contributed by atoms with Crippen LogP contribution in [0.3, 0.4) is 0 Å². The van der Waals surface area contributed by atoms with Crippen molar-refractivity contribution < 1.29 is 0 Å². The second kappa shape index (κ2) is 5.67. The lowest BCUT2D eigenvalue weighted by atomic mass is 10.00. The number of nitrogens with one attached hydrogen (secondary N) is 1. The molecule has 3 nitrogen and oxygen atoms in total. The molecule has 0 amide bonds. The van der Waals surface area contributed by atoms with Crippen molar-refractivity contribution in [2.45, 2.75) is 65.1 Å². The van der Waals surface area contributed by atoms with Crippen LogP contribution in [-0.4, -0.2) is 15.6 Å². The summed E-state index contributed by atoms with van der Waals surface area (Å²) in [7, 11) is 0. The molecule has 0 spiro atoms. The summed E-state index contributed by atoms with van der Waals surface area (Å²) in [6, 6.07) is 1.13. The Kier molecular flexibility index (Phi) is 4.21. The molecule has 1 heterocycles. The van der Waals surface area contributed by atoms with Gasteiger partial charge in [-0.15, -0.1) is 0 Å². The predicted molar refractivity (Wildman–Crippen MR) is 70.9 cm³/mol. The first-order valence-electron chi connectivity index (χ1n) is 6.92. The summed E-state index contributed by atoms with van der Waals surface area (Å²) >= 11 is 0. The number of hydrogen-bond donors (Lipinski definition) is 1. The van der Waals surface area contributed by atoms with Gasteiger partial charge >= 0.3 is 0 Å². The molecule has 1 aromatic rings. The van der Waals surface area contributed by atoms with Crippen molar-refractivity contribution in [3.05, 3.63) is 18.2 Å². The van der Waals surface area contributed by atoms with E-state index < -0.39 is 0 Å². The fourth-order valence-electron chi connectivity index (χ4n) is 2.69. The van der Waals surface area contributed by atoms with Crippen molar-refractivity contribution in [2.75, 3.05) is 0 Å². The van der Waals surface area contributed by atoms with Gasteiger partial charge in [-0.05, 0) is 25.7 Å². The average molecular weight is 235 g/mol. The Labute approximate surface area is 105 Å². The number of imidazole rings is 1. The molecule has 1 aromatic heterocycles. The molecule has 0 radical (unpaired) electrons. The van der Waals surface area contributed by atoms with E-state index in [2.05, 4.69) is 41.8 Å². The van der Waals surface area contributed by atoms with Crippen LogP contribution in [0.1, 0.15) is 58.2 Å². The Balaban J connectivity index is 1.92. The van der Waals surface area contributed by atoms with Crippen LogP contribution >= 0.6 is 0 Å². The molecule has 1 fully saturated rings. The normalized spacial score (nSPS) is 19.1. The van der Waals surface area contributed by atoms with Crippen molar-refractivity contribution in [1.29, 1.82) is 0 Å². The van der Waals surface area contributed by atoms with Gasteiger partial charge < -0.3 is 9.88 Å². The van der Waals surface area contributed by atoms with Gasteiger partial charge in [-0.2, -0.15) is 0 Å². The van der Waals surface area contributed by atoms with E-state index in [1.165, 1.54) is 25.7 Å². The summed E-state index contributed by atoms with van der Waals surface area (Å²) in [4.78, 5) is 4.48. The van der Waals surface area contributed by atoms with Gasteiger partial charge in [0.05, 0.1) is 12.0 Å². The van der Waals surface area contributed by atoms with E-state index in [-0.39, 0.29) is 0 Å². The maximum atomic E-state index is 4.48. The molecular weight excluding hydrogens is 210 g/mol. The number of nitrogens with zero attached hydrogens (tertiary/aromatic N) is 2. The standard InChI is InChI=1S/C14H25N3/c1-11(2)15-8-14-9-17(10-16-14)12(3)13-6-4-5-7-13/h9-13,15H,4-8H2,1-3H3. The lowest BCUT2D eigenvalue weighted by molar-refractivity contribution is 0.360. The molecule has 0 saturated heterocycles. The van der Waals surface area contributed by atoms with Gasteiger partial charge in [-0.1, -0.05) is 26.7 Å². The van der Waals surface area contributed by atoms with Crippen molar-refractivity contribution in [1.82, 2.24) is 14.9 Å². The summed E-state index contributed by atoms with van der Waals surface area (Å²) in [6.07, 6.45) is 9.80. The molecule has 2 rings (SSSR count). The van der Waals surface area contributed by atoms with E-state index in [0.29, 0.717) is 12.1 Å². The SMILES string of the molecule is CC(C)NCc1cn(C(C)C2CCCC2)cn1. The Morgan fingerprint density at radius 1 is 1.35 bits per heavy atom. The van der Waals surface area contributed by atoms with Crippen LogP contribution in [-0.2, 0) is 6.54 Å². The Bertz CT molecular complexity index is 337. The van der Waals surface area contributed by atoms with Gasteiger partial charge in [-0.3, -0.25) is 0 Å². The van der Waals surface area contributed by atoms with E-state index in [9.17, 15) is 0 Å². The third-order valence-corrected chi connectivity index (χ3v) is 3.90. The molecule has 3 heteroatoms. The van der Waals surface area contributed by atoms with Gasteiger partial charge in [0.1, 0.15) is 0 Å². The van der Waals surface area contributed by atoms with E-state index in [4.69, 9.17) is 0 Å². The highest BCUT2D eigenvalue weighted by atomic mass is 15.1. The van der Waals surface area contributed by atoms with Gasteiger partial charge in [0.25, 0.3) is 0 Å². The third kappa shape index (κ3) is 3.32. The van der Waals surface area contributed by atoms with Crippen molar-refractivity contribution >= 4 is 0 Å². The fraction of sp³-hybridized carbons (Fsp3) is 0.786. The minimum Gasteiger partial charge on any atom is -0.334 e. The van der Waals surface area contributed by atoms with Crippen molar-refractivity contribution in [2.24, 2.45) is 5.92 Å². The van der Waals surface area contributed by atoms with E-state index in [1.54, 1.807) is 0 Å². The minimum absolute atomic E-state index is 0.521. The molecule has 1 N–H and O–H groups in total. The minimum atomic E-state index is 0.521. The highest BCUT2D eigenvalue weighted by Crippen LogP contribution is 2.33. The molecule has 0 aromatic carbocycles. The molecule has 17 heavy (non-hydrogen) atoms. The lowest BCUT2D eigenvalue weighted by Gasteiger charge is -2.19. The third-order valence-electron chi connectivity index (χ3n) is 3.90. The van der Waals surface area contributed by atoms with Crippen LogP contribution in [0.25, 0.3) is 0 Å². The van der Waals surface area contributed by atoms with Crippen LogP contribution < -0.4 is 5.32 Å². The zero-order valence-corrected chi connectivity index (χ0v) is 11.3. The summed E-state index contributed by atoms with van der Waals surface area (Å²) in [5, 5.41) is 3.41. The maximum Gasteiger partial charge on any atom is 0.0952 e. The fourth-order valence-corrected chi connectivity index (χ4v) is 2.69. The zero-order valence-electron chi connectivity index (χ0n) is 11.3. The summed E-state index contributed by atoms with van der Waals surface area (Å²) in [5.74, 6) is 0.857. The monoisotopic (exact) mass is 235 g/mol. The molecule has 1 atom stereocenters. The molecule has 1 unspecified atom stereocenters. The highest BCUT2D eigenvalue weighted by molar-refractivity contribution is 4.98. The topological polar surface area (TPSA) is 29.9 Å². The second-order valence-corrected chi connectivity index (χ2v) is 5.63. The van der Waals surface area contributed by atoms with Crippen LogP contribution in [0.2, 0.25) is 0 Å². The predicted octanol–water partition coefficient (Wildman–Crippen LogP) is 3.13. The summed E-state index contributed by atoms with van der Waals surface area (Å²) < 4.78 is 2.30. The number of hydrogen-bond acceptors (Lipinski definition) is 2. The summed E-state index contributed by atoms with van der Waals surface area (Å²) in [6.45, 7) is 7.54. The average Bonchev–Trinajstić information content (AvgIpc) is 2.97. The van der Waals surface area contributed by atoms with E-state index >= 15 is 0 Å². The molecule has 1 aliphatic rings. The molecule has 1 aliphatic carbocycles. The maximum absolute atomic E-state index is 4.48. The molecule has 1 saturated carbocycles. The number of aromatic nitrogens is 2. The molecule has 0 aliphatic heterocycles. The van der Waals surface area contributed by atoms with E-state index in [1.807, 2.05) is 6.33 Å². The summed E-state index contributed by atoms with van der Waals surface area (Å²) in [5.41, 5.74) is 1.16. The Morgan fingerprint density at radius 2 is 2.06 bits per heavy atom. The molecular formula is C14H25N3. The largest absolute Gasteiger partial charge is 0.334 e. The van der Waals surface area contributed by atoms with E-state index in [0.717, 1.165) is 18.2 Å². The van der Waals surface area contributed by atoms with Crippen LogP contribution in [0.15, 0.2) is 12.5 Å². The first-order chi connectivity index (χ1) is 8.16. The zero-order chi connectivity index (χ0) is 12.3. The number of rotatable bonds is 5. The van der Waals surface area contributed by atoms with Crippen molar-refractivity contribution in [3.63, 3.8) is 0 Å². The first kappa shape index (κ1) is 12.6. The second-order valence-electron chi connectivity index (χ2n) is 5.63.